The molecule has 0 amide bonds. The van der Waals surface area contributed by atoms with Gasteiger partial charge < -0.3 is 9.47 Å². The Hall–Kier alpha value is -2.03. The molecule has 0 fully saturated rings. The molecule has 1 rings (SSSR count). The Morgan fingerprint density at radius 2 is 1.88 bits per heavy atom. The number of para-hydroxylation sites is 1. The smallest absolute Gasteiger partial charge is 0.333 e. The average molecular weight is 232 g/mol. The molecule has 0 bridgehead atoms. The molecule has 0 unspecified atom stereocenters. The first-order valence-corrected chi connectivity index (χ1v) is 5.33. The average Bonchev–Trinajstić information content (AvgIpc) is 2.38. The zero-order valence-electron chi connectivity index (χ0n) is 10.3. The fourth-order valence-corrected chi connectivity index (χ4v) is 1.23. The molecule has 90 valence electrons. The number of carbonyl (C=O) groups excluding carboxylic acids is 1. The lowest BCUT2D eigenvalue weighted by Crippen LogP contribution is -2.03. The number of hydrogen-bond acceptors (Lipinski definition) is 3. The summed E-state index contributed by atoms with van der Waals surface area (Å²) < 4.78 is 10.2. The van der Waals surface area contributed by atoms with E-state index >= 15 is 0 Å². The van der Waals surface area contributed by atoms with E-state index < -0.39 is 0 Å². The Balaban J connectivity index is 2.78. The molecule has 0 aliphatic rings. The molecule has 0 radical (unpaired) electrons. The van der Waals surface area contributed by atoms with Crippen LogP contribution in [0.3, 0.4) is 0 Å². The Kier molecular flexibility index (Phi) is 5.01. The van der Waals surface area contributed by atoms with Gasteiger partial charge in [0.25, 0.3) is 0 Å². The molecule has 1 aromatic carbocycles. The molecular formula is C14H16O3. The van der Waals surface area contributed by atoms with Crippen LogP contribution >= 0.6 is 0 Å². The number of methoxy groups -OCH3 is 1. The van der Waals surface area contributed by atoms with Gasteiger partial charge in [-0.3, -0.25) is 0 Å². The largest absolute Gasteiger partial charge is 0.466 e. The predicted molar refractivity (Wildman–Crippen MR) is 66.6 cm³/mol. The molecule has 0 heterocycles. The van der Waals surface area contributed by atoms with Crippen LogP contribution in [0.15, 0.2) is 53.8 Å². The molecule has 0 saturated heterocycles. The predicted octanol–water partition coefficient (Wildman–Crippen LogP) is 3.09. The van der Waals surface area contributed by atoms with Crippen LogP contribution in [0.5, 0.6) is 5.75 Å². The van der Waals surface area contributed by atoms with Crippen LogP contribution in [0.1, 0.15) is 13.8 Å². The summed E-state index contributed by atoms with van der Waals surface area (Å²) in [6, 6.07) is 9.40. The maximum Gasteiger partial charge on any atom is 0.333 e. The Labute approximate surface area is 101 Å². The molecule has 0 aliphatic heterocycles. The Bertz CT molecular complexity index is 430. The summed E-state index contributed by atoms with van der Waals surface area (Å²) in [5.74, 6) is 0.981. The normalized spacial score (nSPS) is 12.2. The van der Waals surface area contributed by atoms with Gasteiger partial charge in [0.2, 0.25) is 0 Å². The third kappa shape index (κ3) is 4.15. The van der Waals surface area contributed by atoms with Crippen molar-refractivity contribution in [2.75, 3.05) is 7.11 Å². The molecule has 0 N–H and O–H groups in total. The SMILES string of the molecule is C/C=C(\C=C(/C)C(=O)OC)Oc1ccccc1. The molecule has 0 aromatic heterocycles. The molecular weight excluding hydrogens is 216 g/mol. The van der Waals surface area contributed by atoms with Gasteiger partial charge >= 0.3 is 5.97 Å². The minimum absolute atomic E-state index is 0.360. The monoisotopic (exact) mass is 232 g/mol. The molecule has 0 spiro atoms. The minimum atomic E-state index is -0.360. The second-order valence-corrected chi connectivity index (χ2v) is 3.43. The summed E-state index contributed by atoms with van der Waals surface area (Å²) >= 11 is 0. The van der Waals surface area contributed by atoms with E-state index in [-0.39, 0.29) is 5.97 Å². The summed E-state index contributed by atoms with van der Waals surface area (Å²) in [5.41, 5.74) is 0.497. The maximum absolute atomic E-state index is 11.2. The first kappa shape index (κ1) is 13.0. The quantitative estimate of drug-likeness (QED) is 0.346. The van der Waals surface area contributed by atoms with Crippen LogP contribution in [0.25, 0.3) is 0 Å². The van der Waals surface area contributed by atoms with Gasteiger partial charge in [-0.25, -0.2) is 4.79 Å². The third-order valence-electron chi connectivity index (χ3n) is 2.13. The van der Waals surface area contributed by atoms with Crippen molar-refractivity contribution < 1.29 is 14.3 Å². The van der Waals surface area contributed by atoms with Gasteiger partial charge in [-0.05, 0) is 38.1 Å². The van der Waals surface area contributed by atoms with Crippen LogP contribution in [0.2, 0.25) is 0 Å². The van der Waals surface area contributed by atoms with Crippen molar-refractivity contribution in [1.29, 1.82) is 0 Å². The van der Waals surface area contributed by atoms with Crippen molar-refractivity contribution in [3.05, 3.63) is 53.8 Å². The number of rotatable bonds is 4. The van der Waals surface area contributed by atoms with Crippen molar-refractivity contribution in [2.24, 2.45) is 0 Å². The number of ether oxygens (including phenoxy) is 2. The molecule has 3 heteroatoms. The van der Waals surface area contributed by atoms with E-state index in [1.807, 2.05) is 37.3 Å². The van der Waals surface area contributed by atoms with E-state index in [0.29, 0.717) is 11.3 Å². The van der Waals surface area contributed by atoms with Crippen LogP contribution in [0, 0.1) is 0 Å². The van der Waals surface area contributed by atoms with Crippen LogP contribution in [0.4, 0.5) is 0 Å². The summed E-state index contributed by atoms with van der Waals surface area (Å²) in [6.07, 6.45) is 3.44. The first-order chi connectivity index (χ1) is 8.17. The minimum Gasteiger partial charge on any atom is -0.466 e. The van der Waals surface area contributed by atoms with E-state index in [1.165, 1.54) is 7.11 Å². The van der Waals surface area contributed by atoms with Gasteiger partial charge in [0.05, 0.1) is 7.11 Å². The van der Waals surface area contributed by atoms with Gasteiger partial charge in [0, 0.05) is 5.57 Å². The second-order valence-electron chi connectivity index (χ2n) is 3.43. The Morgan fingerprint density at radius 1 is 1.24 bits per heavy atom. The van der Waals surface area contributed by atoms with Crippen molar-refractivity contribution in [2.45, 2.75) is 13.8 Å². The fraction of sp³-hybridized carbons (Fsp3) is 0.214. The highest BCUT2D eigenvalue weighted by molar-refractivity contribution is 5.88. The lowest BCUT2D eigenvalue weighted by molar-refractivity contribution is -0.136. The molecule has 17 heavy (non-hydrogen) atoms. The second kappa shape index (κ2) is 6.53. The van der Waals surface area contributed by atoms with E-state index in [4.69, 9.17) is 4.74 Å². The van der Waals surface area contributed by atoms with Gasteiger partial charge in [0.15, 0.2) is 0 Å². The highest BCUT2D eigenvalue weighted by atomic mass is 16.5. The summed E-state index contributed by atoms with van der Waals surface area (Å²) in [5, 5.41) is 0. The lowest BCUT2D eigenvalue weighted by Gasteiger charge is -2.06. The first-order valence-electron chi connectivity index (χ1n) is 5.33. The standard InChI is InChI=1S/C14H16O3/c1-4-12(10-11(2)14(15)16-3)17-13-8-6-5-7-9-13/h4-10H,1-3H3/b11-10+,12-4+. The van der Waals surface area contributed by atoms with Crippen LogP contribution in [-0.2, 0) is 9.53 Å². The topological polar surface area (TPSA) is 35.5 Å². The summed E-state index contributed by atoms with van der Waals surface area (Å²) in [6.45, 7) is 3.53. The Morgan fingerprint density at radius 3 is 2.41 bits per heavy atom. The molecule has 0 aliphatic carbocycles. The van der Waals surface area contributed by atoms with Gasteiger partial charge in [0.1, 0.15) is 11.5 Å². The highest BCUT2D eigenvalue weighted by Gasteiger charge is 2.05. The van der Waals surface area contributed by atoms with Crippen molar-refractivity contribution >= 4 is 5.97 Å². The van der Waals surface area contributed by atoms with Gasteiger partial charge in [-0.15, -0.1) is 0 Å². The number of allylic oxidation sites excluding steroid dienone is 2. The number of hydrogen-bond donors (Lipinski definition) is 0. The zero-order chi connectivity index (χ0) is 12.7. The van der Waals surface area contributed by atoms with Gasteiger partial charge in [-0.2, -0.15) is 0 Å². The molecule has 1 aromatic rings. The van der Waals surface area contributed by atoms with E-state index in [0.717, 1.165) is 5.75 Å². The number of benzene rings is 1. The van der Waals surface area contributed by atoms with Crippen molar-refractivity contribution in [1.82, 2.24) is 0 Å². The lowest BCUT2D eigenvalue weighted by atomic mass is 10.2. The summed E-state index contributed by atoms with van der Waals surface area (Å²) in [7, 11) is 1.35. The maximum atomic E-state index is 11.2. The highest BCUT2D eigenvalue weighted by Crippen LogP contribution is 2.14. The van der Waals surface area contributed by atoms with Crippen LogP contribution < -0.4 is 4.74 Å². The third-order valence-corrected chi connectivity index (χ3v) is 2.13. The van der Waals surface area contributed by atoms with Gasteiger partial charge in [-0.1, -0.05) is 18.2 Å². The fourth-order valence-electron chi connectivity index (χ4n) is 1.23. The van der Waals surface area contributed by atoms with Crippen LogP contribution in [-0.4, -0.2) is 13.1 Å². The zero-order valence-corrected chi connectivity index (χ0v) is 10.3. The number of esters is 1. The van der Waals surface area contributed by atoms with E-state index in [1.54, 1.807) is 19.1 Å². The molecule has 0 saturated carbocycles. The summed E-state index contributed by atoms with van der Waals surface area (Å²) in [4.78, 5) is 11.2. The van der Waals surface area contributed by atoms with Crippen molar-refractivity contribution in [3.8, 4) is 5.75 Å². The molecule has 3 nitrogen and oxygen atoms in total. The van der Waals surface area contributed by atoms with Crippen molar-refractivity contribution in [3.63, 3.8) is 0 Å². The van der Waals surface area contributed by atoms with E-state index in [9.17, 15) is 4.79 Å². The van der Waals surface area contributed by atoms with E-state index in [2.05, 4.69) is 4.74 Å². The molecule has 0 atom stereocenters. The number of carbonyl (C=O) groups is 1.